The van der Waals surface area contributed by atoms with Gasteiger partial charge >= 0.3 is 0 Å². The number of aliphatic hydroxyl groups is 1. The van der Waals surface area contributed by atoms with Crippen LogP contribution in [0.3, 0.4) is 0 Å². The molecule has 0 bridgehead atoms. The summed E-state index contributed by atoms with van der Waals surface area (Å²) in [6.45, 7) is 4.12. The van der Waals surface area contributed by atoms with Crippen LogP contribution < -0.4 is 4.74 Å². The fourth-order valence-corrected chi connectivity index (χ4v) is 2.38. The van der Waals surface area contributed by atoms with Gasteiger partial charge in [0.05, 0.1) is 23.9 Å². The number of rotatable bonds is 5. The molecule has 1 aromatic carbocycles. The molecule has 0 fully saturated rings. The molecule has 5 heteroatoms. The summed E-state index contributed by atoms with van der Waals surface area (Å²) in [4.78, 5) is 0. The van der Waals surface area contributed by atoms with Gasteiger partial charge in [0.1, 0.15) is 5.75 Å². The van der Waals surface area contributed by atoms with Crippen molar-refractivity contribution in [3.8, 4) is 5.75 Å². The monoisotopic (exact) mass is 294 g/mol. The van der Waals surface area contributed by atoms with Crippen LogP contribution in [-0.4, -0.2) is 22.0 Å². The summed E-state index contributed by atoms with van der Waals surface area (Å²) in [7, 11) is 1.56. The van der Waals surface area contributed by atoms with Crippen LogP contribution in [0.2, 0.25) is 5.02 Å². The lowest BCUT2D eigenvalue weighted by Gasteiger charge is -2.15. The van der Waals surface area contributed by atoms with E-state index >= 15 is 0 Å². The first-order chi connectivity index (χ1) is 9.52. The zero-order valence-electron chi connectivity index (χ0n) is 11.9. The van der Waals surface area contributed by atoms with Crippen LogP contribution in [0.25, 0.3) is 0 Å². The van der Waals surface area contributed by atoms with E-state index in [1.165, 1.54) is 0 Å². The van der Waals surface area contributed by atoms with Gasteiger partial charge in [0, 0.05) is 24.2 Å². The van der Waals surface area contributed by atoms with Crippen LogP contribution in [-0.2, 0) is 6.42 Å². The number of hydrogen-bond acceptors (Lipinski definition) is 3. The van der Waals surface area contributed by atoms with Gasteiger partial charge in [-0.25, -0.2) is 0 Å². The maximum Gasteiger partial charge on any atom is 0.126 e. The van der Waals surface area contributed by atoms with Crippen LogP contribution in [0.5, 0.6) is 5.75 Å². The molecule has 4 nitrogen and oxygen atoms in total. The smallest absolute Gasteiger partial charge is 0.126 e. The highest BCUT2D eigenvalue weighted by molar-refractivity contribution is 6.31. The van der Waals surface area contributed by atoms with Crippen molar-refractivity contribution < 1.29 is 9.84 Å². The third-order valence-electron chi connectivity index (χ3n) is 3.16. The Kier molecular flexibility index (Phi) is 4.68. The fraction of sp³-hybridized carbons (Fsp3) is 0.400. The number of nitrogens with zero attached hydrogens (tertiary/aromatic N) is 2. The van der Waals surface area contributed by atoms with E-state index in [9.17, 15) is 5.11 Å². The summed E-state index contributed by atoms with van der Waals surface area (Å²) >= 11 is 6.16. The molecule has 0 aliphatic carbocycles. The first-order valence-electron chi connectivity index (χ1n) is 6.57. The number of ether oxygens (including phenoxy) is 1. The lowest BCUT2D eigenvalue weighted by Crippen LogP contribution is -2.07. The van der Waals surface area contributed by atoms with Crippen LogP contribution in [0.15, 0.2) is 30.5 Å². The van der Waals surface area contributed by atoms with Crippen LogP contribution in [0.1, 0.15) is 37.3 Å². The van der Waals surface area contributed by atoms with Gasteiger partial charge in [-0.05, 0) is 32.0 Å². The predicted octanol–water partition coefficient (Wildman–Crippen LogP) is 3.40. The minimum Gasteiger partial charge on any atom is -0.496 e. The number of aliphatic hydroxyl groups excluding tert-OH is 1. The number of halogens is 1. The third kappa shape index (κ3) is 3.14. The van der Waals surface area contributed by atoms with Crippen molar-refractivity contribution in [1.82, 2.24) is 9.78 Å². The van der Waals surface area contributed by atoms with Crippen molar-refractivity contribution in [2.24, 2.45) is 0 Å². The fourth-order valence-electron chi connectivity index (χ4n) is 2.09. The first kappa shape index (κ1) is 14.9. The highest BCUT2D eigenvalue weighted by Gasteiger charge is 2.18. The molecular weight excluding hydrogens is 276 g/mol. The molecule has 0 spiro atoms. The minimum atomic E-state index is -0.742. The van der Waals surface area contributed by atoms with Crippen LogP contribution in [0, 0.1) is 0 Å². The van der Waals surface area contributed by atoms with Gasteiger partial charge in [0.2, 0.25) is 0 Å². The molecule has 108 valence electrons. The zero-order valence-corrected chi connectivity index (χ0v) is 12.6. The summed E-state index contributed by atoms with van der Waals surface area (Å²) in [6, 6.07) is 7.54. The van der Waals surface area contributed by atoms with Gasteiger partial charge in [0.25, 0.3) is 0 Å². The largest absolute Gasteiger partial charge is 0.496 e. The van der Waals surface area contributed by atoms with E-state index in [4.69, 9.17) is 16.3 Å². The Hall–Kier alpha value is -1.52. The normalized spacial score (nSPS) is 12.7. The summed E-state index contributed by atoms with van der Waals surface area (Å²) in [6.07, 6.45) is 1.57. The van der Waals surface area contributed by atoms with Gasteiger partial charge in [-0.3, -0.25) is 4.68 Å². The quantitative estimate of drug-likeness (QED) is 0.919. The van der Waals surface area contributed by atoms with E-state index in [1.54, 1.807) is 25.3 Å². The lowest BCUT2D eigenvalue weighted by atomic mass is 10.0. The second-order valence-electron chi connectivity index (χ2n) is 4.96. The SMILES string of the molecule is COc1cccc(Cl)c1C(O)Cc1ccn(C(C)C)n1. The van der Waals surface area contributed by atoms with Crippen molar-refractivity contribution in [1.29, 1.82) is 0 Å². The molecule has 0 amide bonds. The molecule has 1 heterocycles. The molecule has 2 rings (SSSR count). The van der Waals surface area contributed by atoms with Gasteiger partial charge < -0.3 is 9.84 Å². The second-order valence-corrected chi connectivity index (χ2v) is 5.36. The van der Waals surface area contributed by atoms with Crippen molar-refractivity contribution >= 4 is 11.6 Å². The Morgan fingerprint density at radius 3 is 2.70 bits per heavy atom. The number of hydrogen-bond donors (Lipinski definition) is 1. The topological polar surface area (TPSA) is 47.3 Å². The maximum atomic E-state index is 10.4. The van der Waals surface area contributed by atoms with Crippen LogP contribution >= 0.6 is 11.6 Å². The molecule has 2 aromatic rings. The zero-order chi connectivity index (χ0) is 14.7. The highest BCUT2D eigenvalue weighted by atomic mass is 35.5. The van der Waals surface area contributed by atoms with Gasteiger partial charge in [-0.15, -0.1) is 0 Å². The van der Waals surface area contributed by atoms with Crippen molar-refractivity contribution in [3.63, 3.8) is 0 Å². The minimum absolute atomic E-state index is 0.302. The van der Waals surface area contributed by atoms with E-state index in [0.29, 0.717) is 28.8 Å². The molecule has 0 aliphatic heterocycles. The first-order valence-corrected chi connectivity index (χ1v) is 6.95. The molecule has 20 heavy (non-hydrogen) atoms. The Labute approximate surface area is 123 Å². The van der Waals surface area contributed by atoms with Crippen molar-refractivity contribution in [2.75, 3.05) is 7.11 Å². The Balaban J connectivity index is 2.21. The predicted molar refractivity (Wildman–Crippen MR) is 79.3 cm³/mol. The van der Waals surface area contributed by atoms with E-state index in [1.807, 2.05) is 16.9 Å². The highest BCUT2D eigenvalue weighted by Crippen LogP contribution is 2.33. The second kappa shape index (κ2) is 6.29. The third-order valence-corrected chi connectivity index (χ3v) is 3.49. The van der Waals surface area contributed by atoms with Gasteiger partial charge in [-0.1, -0.05) is 17.7 Å². The molecule has 1 N–H and O–H groups in total. The van der Waals surface area contributed by atoms with Gasteiger partial charge in [0.15, 0.2) is 0 Å². The average Bonchev–Trinajstić information content (AvgIpc) is 2.86. The lowest BCUT2D eigenvalue weighted by molar-refractivity contribution is 0.172. The number of aromatic nitrogens is 2. The molecule has 0 saturated heterocycles. The average molecular weight is 295 g/mol. The standard InChI is InChI=1S/C15H19ClN2O2/c1-10(2)18-8-7-11(17-18)9-13(19)15-12(16)5-4-6-14(15)20-3/h4-8,10,13,19H,9H2,1-3H3. The summed E-state index contributed by atoms with van der Waals surface area (Å²) in [5, 5.41) is 15.3. The molecule has 0 saturated carbocycles. The maximum absolute atomic E-state index is 10.4. The molecule has 1 aromatic heterocycles. The molecule has 1 atom stereocenters. The van der Waals surface area contributed by atoms with Crippen LogP contribution in [0.4, 0.5) is 0 Å². The van der Waals surface area contributed by atoms with E-state index in [2.05, 4.69) is 18.9 Å². The number of methoxy groups -OCH3 is 1. The molecule has 0 aliphatic rings. The van der Waals surface area contributed by atoms with Crippen molar-refractivity contribution in [2.45, 2.75) is 32.4 Å². The van der Waals surface area contributed by atoms with Gasteiger partial charge in [-0.2, -0.15) is 5.10 Å². The van der Waals surface area contributed by atoms with Crippen molar-refractivity contribution in [3.05, 3.63) is 46.7 Å². The Morgan fingerprint density at radius 1 is 1.35 bits per heavy atom. The van der Waals surface area contributed by atoms with E-state index in [0.717, 1.165) is 5.69 Å². The Bertz CT molecular complexity index is 581. The molecule has 1 unspecified atom stereocenters. The number of benzene rings is 1. The molecular formula is C15H19ClN2O2. The summed E-state index contributed by atoms with van der Waals surface area (Å²) in [5.74, 6) is 0.591. The summed E-state index contributed by atoms with van der Waals surface area (Å²) < 4.78 is 7.13. The van der Waals surface area contributed by atoms with E-state index < -0.39 is 6.10 Å². The van der Waals surface area contributed by atoms with E-state index in [-0.39, 0.29) is 0 Å². The summed E-state index contributed by atoms with van der Waals surface area (Å²) in [5.41, 5.74) is 1.43. The Morgan fingerprint density at radius 2 is 2.10 bits per heavy atom. The molecule has 0 radical (unpaired) electrons.